The second-order valence-electron chi connectivity index (χ2n) is 5.43. The topological polar surface area (TPSA) is 75.2 Å². The summed E-state index contributed by atoms with van der Waals surface area (Å²) >= 11 is 0. The van der Waals surface area contributed by atoms with E-state index in [0.29, 0.717) is 18.0 Å². The molecular formula is C16H24N4O3. The van der Waals surface area contributed by atoms with Gasteiger partial charge >= 0.3 is 0 Å². The first-order valence-electron chi connectivity index (χ1n) is 7.62. The Morgan fingerprint density at radius 3 is 2.87 bits per heavy atom. The van der Waals surface area contributed by atoms with Gasteiger partial charge in [-0.2, -0.15) is 0 Å². The van der Waals surface area contributed by atoms with Crippen LogP contribution in [0, 0.1) is 0 Å². The molecule has 126 valence electrons. The van der Waals surface area contributed by atoms with E-state index in [1.165, 1.54) is 4.90 Å². The van der Waals surface area contributed by atoms with Gasteiger partial charge in [-0.15, -0.1) is 0 Å². The molecule has 0 radical (unpaired) electrons. The molecule has 0 aromatic heterocycles. The Labute approximate surface area is 136 Å². The predicted molar refractivity (Wildman–Crippen MR) is 88.9 cm³/mol. The highest BCUT2D eigenvalue weighted by atomic mass is 16.5. The monoisotopic (exact) mass is 320 g/mol. The number of guanidine groups is 1. The van der Waals surface area contributed by atoms with E-state index in [1.54, 1.807) is 21.2 Å². The first-order chi connectivity index (χ1) is 11.1. The molecule has 0 bridgehead atoms. The third-order valence-electron chi connectivity index (χ3n) is 3.44. The summed E-state index contributed by atoms with van der Waals surface area (Å²) in [4.78, 5) is 17.4. The number of likely N-dealkylation sites (N-methyl/N-ethyl adjacent to an activating group) is 1. The number of rotatable bonds is 6. The number of nitrogens with one attached hydrogen (secondary N) is 2. The van der Waals surface area contributed by atoms with Gasteiger partial charge < -0.3 is 25.0 Å². The number of hydrogen-bond donors (Lipinski definition) is 2. The molecule has 0 unspecified atom stereocenters. The van der Waals surface area contributed by atoms with Gasteiger partial charge in [0.05, 0.1) is 7.11 Å². The van der Waals surface area contributed by atoms with Crippen molar-refractivity contribution in [3.8, 4) is 11.5 Å². The molecule has 7 heteroatoms. The number of ether oxygens (including phenoxy) is 2. The van der Waals surface area contributed by atoms with Crippen LogP contribution >= 0.6 is 0 Å². The second-order valence-corrected chi connectivity index (χ2v) is 5.43. The SMILES string of the molecule is COc1cc(CNC2=NCCCN2)ccc1OCC(=O)N(C)C. The molecule has 2 N–H and O–H groups in total. The van der Waals surface area contributed by atoms with Crippen molar-refractivity contribution in [2.24, 2.45) is 4.99 Å². The van der Waals surface area contributed by atoms with E-state index >= 15 is 0 Å². The molecule has 0 atom stereocenters. The minimum absolute atomic E-state index is 0.0122. The Bertz CT molecular complexity index is 572. The Hall–Kier alpha value is -2.44. The van der Waals surface area contributed by atoms with Gasteiger partial charge in [0, 0.05) is 33.7 Å². The summed E-state index contributed by atoms with van der Waals surface area (Å²) in [5.41, 5.74) is 1.04. The van der Waals surface area contributed by atoms with Crippen LogP contribution in [0.1, 0.15) is 12.0 Å². The number of carbonyl (C=O) groups excluding carboxylic acids is 1. The minimum Gasteiger partial charge on any atom is -0.493 e. The molecule has 0 fully saturated rings. The lowest BCUT2D eigenvalue weighted by Gasteiger charge is -2.17. The first-order valence-corrected chi connectivity index (χ1v) is 7.62. The van der Waals surface area contributed by atoms with Crippen LogP contribution in [0.15, 0.2) is 23.2 Å². The molecule has 1 aromatic rings. The fourth-order valence-electron chi connectivity index (χ4n) is 2.05. The van der Waals surface area contributed by atoms with Crippen LogP contribution < -0.4 is 20.1 Å². The molecule has 1 amide bonds. The Morgan fingerprint density at radius 1 is 1.39 bits per heavy atom. The Morgan fingerprint density at radius 2 is 2.22 bits per heavy atom. The molecule has 7 nitrogen and oxygen atoms in total. The molecule has 0 spiro atoms. The molecule has 1 aliphatic heterocycles. The zero-order valence-electron chi connectivity index (χ0n) is 13.9. The molecule has 2 rings (SSSR count). The molecule has 0 saturated heterocycles. The van der Waals surface area contributed by atoms with E-state index in [1.807, 2.05) is 18.2 Å². The van der Waals surface area contributed by atoms with Crippen molar-refractivity contribution in [1.82, 2.24) is 15.5 Å². The van der Waals surface area contributed by atoms with Crippen molar-refractivity contribution < 1.29 is 14.3 Å². The maximum absolute atomic E-state index is 11.6. The van der Waals surface area contributed by atoms with Gasteiger partial charge in [-0.3, -0.25) is 9.79 Å². The van der Waals surface area contributed by atoms with Crippen LogP contribution in [0.4, 0.5) is 0 Å². The first kappa shape index (κ1) is 16.9. The van der Waals surface area contributed by atoms with Crippen molar-refractivity contribution in [3.05, 3.63) is 23.8 Å². The Balaban J connectivity index is 1.95. The van der Waals surface area contributed by atoms with Crippen molar-refractivity contribution in [3.63, 3.8) is 0 Å². The Kier molecular flexibility index (Phi) is 6.08. The summed E-state index contributed by atoms with van der Waals surface area (Å²) in [5, 5.41) is 6.47. The third-order valence-corrected chi connectivity index (χ3v) is 3.44. The maximum atomic E-state index is 11.6. The fourth-order valence-corrected chi connectivity index (χ4v) is 2.05. The number of nitrogens with zero attached hydrogens (tertiary/aromatic N) is 2. The van der Waals surface area contributed by atoms with Crippen molar-refractivity contribution >= 4 is 11.9 Å². The van der Waals surface area contributed by atoms with Crippen LogP contribution in [0.2, 0.25) is 0 Å². The normalized spacial score (nSPS) is 13.6. The van der Waals surface area contributed by atoms with Crippen molar-refractivity contribution in [2.75, 3.05) is 40.9 Å². The van der Waals surface area contributed by atoms with E-state index in [9.17, 15) is 4.79 Å². The van der Waals surface area contributed by atoms with E-state index in [-0.39, 0.29) is 12.5 Å². The number of hydrogen-bond acceptors (Lipinski definition) is 6. The molecule has 1 aromatic carbocycles. The van der Waals surface area contributed by atoms with Crippen LogP contribution in [0.5, 0.6) is 11.5 Å². The summed E-state index contributed by atoms with van der Waals surface area (Å²) in [6.45, 7) is 2.42. The summed E-state index contributed by atoms with van der Waals surface area (Å²) in [6.07, 6.45) is 1.07. The zero-order valence-corrected chi connectivity index (χ0v) is 13.9. The van der Waals surface area contributed by atoms with Gasteiger partial charge in [-0.25, -0.2) is 0 Å². The van der Waals surface area contributed by atoms with Crippen LogP contribution in [-0.4, -0.2) is 57.7 Å². The average molecular weight is 320 g/mol. The van der Waals surface area contributed by atoms with Gasteiger partial charge in [0.15, 0.2) is 24.1 Å². The minimum atomic E-state index is -0.0980. The van der Waals surface area contributed by atoms with Gasteiger partial charge in [-0.05, 0) is 24.1 Å². The van der Waals surface area contributed by atoms with E-state index in [2.05, 4.69) is 15.6 Å². The zero-order chi connectivity index (χ0) is 16.7. The van der Waals surface area contributed by atoms with E-state index < -0.39 is 0 Å². The lowest BCUT2D eigenvalue weighted by atomic mass is 10.2. The van der Waals surface area contributed by atoms with Crippen LogP contribution in [-0.2, 0) is 11.3 Å². The average Bonchev–Trinajstić information content (AvgIpc) is 2.58. The number of carbonyl (C=O) groups is 1. The van der Waals surface area contributed by atoms with Crippen LogP contribution in [0.3, 0.4) is 0 Å². The van der Waals surface area contributed by atoms with Gasteiger partial charge in [-0.1, -0.05) is 6.07 Å². The van der Waals surface area contributed by atoms with E-state index in [0.717, 1.165) is 31.0 Å². The standard InChI is InChI=1S/C16H24N4O3/c1-20(2)15(21)11-23-13-6-5-12(9-14(13)22-3)10-19-16-17-7-4-8-18-16/h5-6,9H,4,7-8,10-11H2,1-3H3,(H2,17,18,19). The molecule has 1 aliphatic rings. The second kappa shape index (κ2) is 8.26. The lowest BCUT2D eigenvalue weighted by Crippen LogP contribution is -2.40. The molecular weight excluding hydrogens is 296 g/mol. The molecule has 1 heterocycles. The van der Waals surface area contributed by atoms with Crippen molar-refractivity contribution in [1.29, 1.82) is 0 Å². The third kappa shape index (κ3) is 5.05. The van der Waals surface area contributed by atoms with Gasteiger partial charge in [0.1, 0.15) is 0 Å². The van der Waals surface area contributed by atoms with Crippen molar-refractivity contribution in [2.45, 2.75) is 13.0 Å². The van der Waals surface area contributed by atoms with Gasteiger partial charge in [0.2, 0.25) is 0 Å². The highest BCUT2D eigenvalue weighted by Crippen LogP contribution is 2.28. The number of benzene rings is 1. The highest BCUT2D eigenvalue weighted by Gasteiger charge is 2.10. The number of aliphatic imine (C=N–C) groups is 1. The highest BCUT2D eigenvalue weighted by molar-refractivity contribution is 5.80. The maximum Gasteiger partial charge on any atom is 0.259 e. The predicted octanol–water partition coefficient (Wildman–Crippen LogP) is 0.601. The smallest absolute Gasteiger partial charge is 0.259 e. The largest absolute Gasteiger partial charge is 0.493 e. The quantitative estimate of drug-likeness (QED) is 0.803. The summed E-state index contributed by atoms with van der Waals surface area (Å²) < 4.78 is 10.9. The molecule has 0 aliphatic carbocycles. The number of methoxy groups -OCH3 is 1. The summed E-state index contributed by atoms with van der Waals surface area (Å²) in [5.74, 6) is 1.89. The van der Waals surface area contributed by atoms with Gasteiger partial charge in [0.25, 0.3) is 5.91 Å². The summed E-state index contributed by atoms with van der Waals surface area (Å²) in [6, 6.07) is 5.65. The van der Waals surface area contributed by atoms with Crippen LogP contribution in [0.25, 0.3) is 0 Å². The summed E-state index contributed by atoms with van der Waals surface area (Å²) in [7, 11) is 4.97. The lowest BCUT2D eigenvalue weighted by molar-refractivity contribution is -0.130. The number of amides is 1. The fraction of sp³-hybridized carbons (Fsp3) is 0.500. The van der Waals surface area contributed by atoms with E-state index in [4.69, 9.17) is 9.47 Å². The molecule has 0 saturated carbocycles. The molecule has 23 heavy (non-hydrogen) atoms.